The highest BCUT2D eigenvalue weighted by molar-refractivity contribution is 7.13. The van der Waals surface area contributed by atoms with E-state index in [0.717, 1.165) is 36.8 Å². The Morgan fingerprint density at radius 1 is 1.13 bits per heavy atom. The van der Waals surface area contributed by atoms with Gasteiger partial charge in [-0.25, -0.2) is 14.6 Å². The SMILES string of the molecule is C=C[C@@H]1C[C@]1(NC(=O)[C@@H]1C[C@@H](OC2=CC(c3csc(NC(C)C)n3)Nc3c2ccc(OCCN2CCOCC2)c3Cl)CN1C(=O)[C@@H](NC(=O)O[C@@H]1C[C@@H]2C[C@@H]2C1)C(C)(C)C)C(=O)O. The van der Waals surface area contributed by atoms with Crippen molar-refractivity contribution in [3.05, 3.63) is 52.5 Å². The molecule has 5 N–H and O–H groups in total. The Morgan fingerprint density at radius 3 is 2.54 bits per heavy atom. The van der Waals surface area contributed by atoms with E-state index in [1.807, 2.05) is 52.1 Å². The number of rotatable bonds is 16. The molecule has 0 radical (unpaired) electrons. The second kappa shape index (κ2) is 18.1. The monoisotopic (exact) mass is 909 g/mol. The van der Waals surface area contributed by atoms with Crippen molar-refractivity contribution in [1.29, 1.82) is 0 Å². The first kappa shape index (κ1) is 45.0. The number of amides is 3. The minimum atomic E-state index is -1.53. The van der Waals surface area contributed by atoms with Crippen LogP contribution in [0.15, 0.2) is 36.2 Å². The van der Waals surface area contributed by atoms with Crippen molar-refractivity contribution >= 4 is 63.4 Å². The third-order valence-electron chi connectivity index (χ3n) is 13.0. The highest BCUT2D eigenvalue weighted by atomic mass is 35.5. The van der Waals surface area contributed by atoms with E-state index in [0.29, 0.717) is 66.0 Å². The smallest absolute Gasteiger partial charge is 0.408 e. The van der Waals surface area contributed by atoms with Crippen LogP contribution in [0.2, 0.25) is 5.02 Å². The maximum Gasteiger partial charge on any atom is 0.408 e. The number of carboxylic acid groups (broad SMARTS) is 1. The molecule has 3 aliphatic heterocycles. The number of thiazole rings is 1. The van der Waals surface area contributed by atoms with Crippen LogP contribution in [0, 0.1) is 23.2 Å². The van der Waals surface area contributed by atoms with Crippen molar-refractivity contribution in [2.24, 2.45) is 23.2 Å². The van der Waals surface area contributed by atoms with Gasteiger partial charge in [0.1, 0.15) is 53.0 Å². The summed E-state index contributed by atoms with van der Waals surface area (Å²) in [5.74, 6) is -0.629. The van der Waals surface area contributed by atoms with Gasteiger partial charge in [-0.3, -0.25) is 14.5 Å². The number of benzene rings is 1. The quantitative estimate of drug-likeness (QED) is 0.125. The number of fused-ring (bicyclic) bond motifs is 2. The fourth-order valence-electron chi connectivity index (χ4n) is 9.31. The van der Waals surface area contributed by atoms with Crippen LogP contribution in [0.1, 0.15) is 84.0 Å². The van der Waals surface area contributed by atoms with Crippen molar-refractivity contribution in [1.82, 2.24) is 25.4 Å². The summed E-state index contributed by atoms with van der Waals surface area (Å²) in [7, 11) is 0. The zero-order valence-electron chi connectivity index (χ0n) is 36.6. The lowest BCUT2D eigenvalue weighted by Crippen LogP contribution is -2.59. The Morgan fingerprint density at radius 2 is 1.87 bits per heavy atom. The molecule has 5 fully saturated rings. The topological polar surface area (TPSA) is 193 Å². The molecule has 1 unspecified atom stereocenters. The molecular weight excluding hydrogens is 850 g/mol. The third kappa shape index (κ3) is 9.91. The van der Waals surface area contributed by atoms with E-state index in [1.165, 1.54) is 28.7 Å². The molecular formula is C45H60ClN7O9S. The highest BCUT2D eigenvalue weighted by Crippen LogP contribution is 2.53. The van der Waals surface area contributed by atoms with Gasteiger partial charge in [0.05, 0.1) is 37.2 Å². The van der Waals surface area contributed by atoms with Gasteiger partial charge in [0.2, 0.25) is 11.8 Å². The number of ether oxygens (including phenoxy) is 4. The number of hydrogen-bond donors (Lipinski definition) is 5. The summed E-state index contributed by atoms with van der Waals surface area (Å²) in [6, 6.07) is 1.17. The maximum atomic E-state index is 14.8. The number of nitrogens with zero attached hydrogens (tertiary/aromatic N) is 3. The van der Waals surface area contributed by atoms with Crippen LogP contribution in [0.25, 0.3) is 5.76 Å². The van der Waals surface area contributed by atoms with Gasteiger partial charge < -0.3 is 50.2 Å². The van der Waals surface area contributed by atoms with Crippen molar-refractivity contribution in [3.63, 3.8) is 0 Å². The van der Waals surface area contributed by atoms with Gasteiger partial charge in [-0.1, -0.05) is 38.4 Å². The first-order valence-electron chi connectivity index (χ1n) is 22.1. The number of carbonyl (C=O) groups is 4. The van der Waals surface area contributed by atoms with Gasteiger partial charge in [0, 0.05) is 49.0 Å². The van der Waals surface area contributed by atoms with Crippen LogP contribution in [0.5, 0.6) is 5.75 Å². The Hall–Kier alpha value is -4.58. The second-order valence-corrected chi connectivity index (χ2v) is 20.4. The van der Waals surface area contributed by atoms with Gasteiger partial charge >= 0.3 is 12.1 Å². The fraction of sp³-hybridized carbons (Fsp3) is 0.622. The molecule has 4 heterocycles. The van der Waals surface area contributed by atoms with Gasteiger partial charge in [-0.2, -0.15) is 0 Å². The van der Waals surface area contributed by atoms with Gasteiger partial charge in [-0.15, -0.1) is 17.9 Å². The molecule has 342 valence electrons. The molecule has 0 bridgehead atoms. The molecule has 16 nitrogen and oxygen atoms in total. The number of morpholine rings is 1. The molecule has 18 heteroatoms. The third-order valence-corrected chi connectivity index (χ3v) is 14.2. The Labute approximate surface area is 377 Å². The van der Waals surface area contributed by atoms with E-state index in [9.17, 15) is 24.3 Å². The minimum Gasteiger partial charge on any atom is -0.491 e. The van der Waals surface area contributed by atoms with E-state index in [2.05, 4.69) is 32.7 Å². The number of anilines is 2. The predicted molar refractivity (Wildman–Crippen MR) is 239 cm³/mol. The molecule has 0 spiro atoms. The van der Waals surface area contributed by atoms with Crippen LogP contribution >= 0.6 is 22.9 Å². The van der Waals surface area contributed by atoms with Crippen molar-refractivity contribution in [2.45, 2.75) is 109 Å². The standard InChI is InChI=1S/C45H60ClN7O9S/c1-7-27-21-45(27,41(56)57)51-39(54)33-19-29(22-53(33)40(55)38(44(4,5)6)50-43(58)62-28-17-25-16-26(25)18-28)61-35-20-31(32-23-63-42(49-32)47-24(2)3)48-37-30(35)8-9-34(36(37)46)60-15-12-52-10-13-59-14-11-52/h7-9,20,23-29,31,33,38,48H,1,10-19,21-22H2,2-6H3,(H,47,49)(H,50,58)(H,51,54)(H,56,57)/t25-,26+,27-,28+,29-,31?,33+,38-,45-/m1/s1. The summed E-state index contributed by atoms with van der Waals surface area (Å²) in [6.45, 7) is 17.5. The average molecular weight is 911 g/mol. The fourth-order valence-corrected chi connectivity index (χ4v) is 10.5. The Bertz CT molecular complexity index is 2110. The van der Waals surface area contributed by atoms with Crippen LogP contribution < -0.4 is 26.0 Å². The predicted octanol–water partition coefficient (Wildman–Crippen LogP) is 5.91. The minimum absolute atomic E-state index is 0.0302. The summed E-state index contributed by atoms with van der Waals surface area (Å²) in [4.78, 5) is 63.5. The molecule has 1 aromatic carbocycles. The van der Waals surface area contributed by atoms with Crippen LogP contribution in [-0.4, -0.2) is 126 Å². The number of likely N-dealkylation sites (tertiary alicyclic amines) is 1. The van der Waals surface area contributed by atoms with E-state index in [4.69, 9.17) is 35.5 Å². The molecule has 9 atom stereocenters. The molecule has 63 heavy (non-hydrogen) atoms. The lowest BCUT2D eigenvalue weighted by atomic mass is 9.85. The summed E-state index contributed by atoms with van der Waals surface area (Å²) in [6.07, 6.45) is 4.84. The largest absolute Gasteiger partial charge is 0.491 e. The average Bonchev–Trinajstić information content (AvgIpc) is 3.91. The second-order valence-electron chi connectivity index (χ2n) is 19.1. The zero-order valence-corrected chi connectivity index (χ0v) is 38.2. The van der Waals surface area contributed by atoms with Gasteiger partial charge in [0.25, 0.3) is 0 Å². The number of halogens is 1. The Kier molecular flexibility index (Phi) is 12.9. The summed E-state index contributed by atoms with van der Waals surface area (Å²) in [5.41, 5.74) is -0.362. The number of nitrogens with one attached hydrogen (secondary N) is 4. The van der Waals surface area contributed by atoms with E-state index in [1.54, 1.807) is 6.07 Å². The van der Waals surface area contributed by atoms with Crippen molar-refractivity contribution < 1.29 is 43.2 Å². The van der Waals surface area contributed by atoms with Gasteiger partial charge in [0.15, 0.2) is 5.13 Å². The molecule has 8 rings (SSSR count). The van der Waals surface area contributed by atoms with E-state index >= 15 is 0 Å². The van der Waals surface area contributed by atoms with Crippen LogP contribution in [-0.2, 0) is 28.6 Å². The normalized spacial score (nSPS) is 29.0. The number of alkyl carbamates (subject to hydrolysis) is 1. The summed E-state index contributed by atoms with van der Waals surface area (Å²) in [5, 5.41) is 25.8. The zero-order chi connectivity index (χ0) is 44.8. The van der Waals surface area contributed by atoms with Gasteiger partial charge in [-0.05, 0) is 75.0 Å². The molecule has 3 aliphatic carbocycles. The first-order chi connectivity index (χ1) is 30.0. The van der Waals surface area contributed by atoms with Crippen LogP contribution in [0.4, 0.5) is 15.6 Å². The molecule has 3 amide bonds. The Balaban J connectivity index is 1.07. The number of aromatic nitrogens is 1. The number of carbonyl (C=O) groups excluding carboxylic acids is 3. The van der Waals surface area contributed by atoms with Crippen molar-refractivity contribution in [3.8, 4) is 5.75 Å². The summed E-state index contributed by atoms with van der Waals surface area (Å²) >= 11 is 8.62. The molecule has 2 saturated heterocycles. The lowest BCUT2D eigenvalue weighted by molar-refractivity contribution is -0.146. The summed E-state index contributed by atoms with van der Waals surface area (Å²) < 4.78 is 24.4. The first-order valence-corrected chi connectivity index (χ1v) is 23.4. The highest BCUT2D eigenvalue weighted by Gasteiger charge is 2.61. The number of carboxylic acids is 1. The molecule has 3 saturated carbocycles. The molecule has 1 aromatic heterocycles. The number of hydrogen-bond acceptors (Lipinski definition) is 13. The maximum absolute atomic E-state index is 14.8. The lowest BCUT2D eigenvalue weighted by Gasteiger charge is -2.35. The van der Waals surface area contributed by atoms with E-state index < -0.39 is 65.0 Å². The van der Waals surface area contributed by atoms with E-state index in [-0.39, 0.29) is 31.5 Å². The van der Waals surface area contributed by atoms with Crippen molar-refractivity contribution in [2.75, 3.05) is 56.6 Å². The number of aliphatic carboxylic acids is 1. The molecule has 2 aromatic rings. The molecule has 6 aliphatic rings. The van der Waals surface area contributed by atoms with Crippen LogP contribution in [0.3, 0.4) is 0 Å².